The van der Waals surface area contributed by atoms with Crippen LogP contribution in [0.15, 0.2) is 0 Å². The minimum atomic E-state index is -1.43. The SMILES string of the molecule is CCC(C)C(NC(=O)C1CCCN1C(=O)C(N)CCC(N)=O)C(=O)NC(CCC(=O)O)C(=O)O. The first kappa shape index (κ1) is 28.8. The molecule has 0 spiro atoms. The smallest absolute Gasteiger partial charge is 0.326 e. The van der Waals surface area contributed by atoms with E-state index < -0.39 is 66.2 Å². The Kier molecular flexibility index (Phi) is 11.4. The van der Waals surface area contributed by atoms with Crippen molar-refractivity contribution in [1.82, 2.24) is 15.5 Å². The Morgan fingerprint density at radius 2 is 1.71 bits per heavy atom. The fourth-order valence-electron chi connectivity index (χ4n) is 3.68. The third-order valence-electron chi connectivity index (χ3n) is 5.91. The number of nitrogens with one attached hydrogen (secondary N) is 2. The van der Waals surface area contributed by atoms with Gasteiger partial charge in [0.15, 0.2) is 0 Å². The van der Waals surface area contributed by atoms with Gasteiger partial charge in [-0.05, 0) is 31.6 Å². The van der Waals surface area contributed by atoms with Crippen LogP contribution >= 0.6 is 0 Å². The second kappa shape index (κ2) is 13.5. The molecule has 0 aromatic heterocycles. The first-order chi connectivity index (χ1) is 15.9. The zero-order valence-electron chi connectivity index (χ0n) is 19.5. The lowest BCUT2D eigenvalue weighted by Crippen LogP contribution is -2.58. The van der Waals surface area contributed by atoms with E-state index in [0.29, 0.717) is 19.3 Å². The summed E-state index contributed by atoms with van der Waals surface area (Å²) >= 11 is 0. The normalized spacial score (nSPS) is 18.9. The molecule has 4 amide bonds. The summed E-state index contributed by atoms with van der Waals surface area (Å²) in [5, 5.41) is 23.0. The Bertz CT molecular complexity index is 789. The number of rotatable bonds is 14. The molecule has 0 saturated carbocycles. The van der Waals surface area contributed by atoms with E-state index >= 15 is 0 Å². The molecule has 13 nitrogen and oxygen atoms in total. The van der Waals surface area contributed by atoms with Crippen LogP contribution in [-0.2, 0) is 28.8 Å². The van der Waals surface area contributed by atoms with Gasteiger partial charge in [0, 0.05) is 19.4 Å². The summed E-state index contributed by atoms with van der Waals surface area (Å²) in [6.07, 6.45) is 0.591. The Morgan fingerprint density at radius 1 is 1.06 bits per heavy atom. The van der Waals surface area contributed by atoms with Crippen LogP contribution in [0.3, 0.4) is 0 Å². The highest BCUT2D eigenvalue weighted by Crippen LogP contribution is 2.20. The van der Waals surface area contributed by atoms with E-state index in [4.69, 9.17) is 16.6 Å². The monoisotopic (exact) mass is 485 g/mol. The maximum absolute atomic E-state index is 13.0. The molecule has 0 aromatic carbocycles. The highest BCUT2D eigenvalue weighted by molar-refractivity contribution is 5.94. The molecular formula is C21H35N5O8. The summed E-state index contributed by atoms with van der Waals surface area (Å²) in [6.45, 7) is 3.78. The molecule has 1 aliphatic heterocycles. The molecular weight excluding hydrogens is 450 g/mol. The number of hydrogen-bond donors (Lipinski definition) is 6. The summed E-state index contributed by atoms with van der Waals surface area (Å²) in [6, 6.07) is -4.39. The van der Waals surface area contributed by atoms with Gasteiger partial charge in [0.05, 0.1) is 6.04 Å². The molecule has 1 rings (SSSR count). The van der Waals surface area contributed by atoms with Crippen LogP contribution < -0.4 is 22.1 Å². The predicted molar refractivity (Wildman–Crippen MR) is 119 cm³/mol. The van der Waals surface area contributed by atoms with Crippen LogP contribution in [0.1, 0.15) is 58.8 Å². The van der Waals surface area contributed by atoms with Crippen molar-refractivity contribution in [3.63, 3.8) is 0 Å². The quantitative estimate of drug-likeness (QED) is 0.169. The zero-order valence-corrected chi connectivity index (χ0v) is 19.5. The van der Waals surface area contributed by atoms with Gasteiger partial charge in [-0.15, -0.1) is 0 Å². The van der Waals surface area contributed by atoms with Gasteiger partial charge in [-0.3, -0.25) is 24.0 Å². The van der Waals surface area contributed by atoms with Gasteiger partial charge >= 0.3 is 11.9 Å². The molecule has 1 heterocycles. The molecule has 13 heteroatoms. The standard InChI is InChI=1S/C21H35N5O8/c1-3-11(2)17(19(31)24-13(21(33)34)7-9-16(28)29)25-18(30)14-5-4-10-26(14)20(32)12(22)6-8-15(23)27/h11-14,17H,3-10,22H2,1-2H3,(H2,23,27)(H,24,31)(H,25,30)(H,28,29)(H,33,34). The maximum Gasteiger partial charge on any atom is 0.326 e. The highest BCUT2D eigenvalue weighted by Gasteiger charge is 2.38. The topological polar surface area (TPSA) is 222 Å². The third kappa shape index (κ3) is 8.61. The van der Waals surface area contributed by atoms with E-state index in [1.165, 1.54) is 4.90 Å². The number of aliphatic carboxylic acids is 2. The summed E-state index contributed by atoms with van der Waals surface area (Å²) in [5.74, 6) is -5.39. The van der Waals surface area contributed by atoms with E-state index in [1.54, 1.807) is 13.8 Å². The molecule has 0 bridgehead atoms. The van der Waals surface area contributed by atoms with Gasteiger partial charge < -0.3 is 37.2 Å². The molecule has 5 atom stereocenters. The summed E-state index contributed by atoms with van der Waals surface area (Å²) in [4.78, 5) is 73.1. The van der Waals surface area contributed by atoms with Crippen molar-refractivity contribution in [3.8, 4) is 0 Å². The van der Waals surface area contributed by atoms with Crippen molar-refractivity contribution in [2.24, 2.45) is 17.4 Å². The van der Waals surface area contributed by atoms with Gasteiger partial charge in [0.2, 0.25) is 23.6 Å². The third-order valence-corrected chi connectivity index (χ3v) is 5.91. The van der Waals surface area contributed by atoms with E-state index in [0.717, 1.165) is 0 Å². The lowest BCUT2D eigenvalue weighted by atomic mass is 9.97. The number of primary amides is 1. The van der Waals surface area contributed by atoms with Gasteiger partial charge in [0.1, 0.15) is 18.1 Å². The fraction of sp³-hybridized carbons (Fsp3) is 0.714. The number of nitrogens with zero attached hydrogens (tertiary/aromatic N) is 1. The van der Waals surface area contributed by atoms with Crippen molar-refractivity contribution in [1.29, 1.82) is 0 Å². The Balaban J connectivity index is 2.91. The molecule has 0 radical (unpaired) electrons. The second-order valence-electron chi connectivity index (χ2n) is 8.50. The first-order valence-electron chi connectivity index (χ1n) is 11.3. The van der Waals surface area contributed by atoms with Crippen LogP contribution in [-0.4, -0.2) is 81.4 Å². The van der Waals surface area contributed by atoms with Crippen molar-refractivity contribution in [2.45, 2.75) is 83.0 Å². The van der Waals surface area contributed by atoms with Crippen molar-refractivity contribution >= 4 is 35.6 Å². The van der Waals surface area contributed by atoms with E-state index in [1.807, 2.05) is 0 Å². The first-order valence-corrected chi connectivity index (χ1v) is 11.3. The Labute approximate surface area is 197 Å². The van der Waals surface area contributed by atoms with Crippen LogP contribution in [0.5, 0.6) is 0 Å². The largest absolute Gasteiger partial charge is 0.481 e. The number of carboxylic acids is 2. The summed E-state index contributed by atoms with van der Waals surface area (Å²) < 4.78 is 0. The zero-order chi connectivity index (χ0) is 26.0. The van der Waals surface area contributed by atoms with Gasteiger partial charge in [-0.1, -0.05) is 20.3 Å². The van der Waals surface area contributed by atoms with Crippen LogP contribution in [0, 0.1) is 5.92 Å². The van der Waals surface area contributed by atoms with Crippen molar-refractivity contribution in [3.05, 3.63) is 0 Å². The van der Waals surface area contributed by atoms with Gasteiger partial charge in [-0.2, -0.15) is 0 Å². The fourth-order valence-corrected chi connectivity index (χ4v) is 3.68. The Morgan fingerprint density at radius 3 is 2.24 bits per heavy atom. The number of likely N-dealkylation sites (tertiary alicyclic amines) is 1. The average molecular weight is 486 g/mol. The molecule has 1 aliphatic rings. The van der Waals surface area contributed by atoms with Crippen LogP contribution in [0.25, 0.3) is 0 Å². The molecule has 0 aromatic rings. The number of carboxylic acid groups (broad SMARTS) is 2. The second-order valence-corrected chi connectivity index (χ2v) is 8.50. The molecule has 1 fully saturated rings. The minimum absolute atomic E-state index is 0.0455. The maximum atomic E-state index is 13.0. The number of carbonyl (C=O) groups excluding carboxylic acids is 4. The van der Waals surface area contributed by atoms with E-state index in [-0.39, 0.29) is 31.7 Å². The van der Waals surface area contributed by atoms with Gasteiger partial charge in [-0.25, -0.2) is 4.79 Å². The number of amides is 4. The van der Waals surface area contributed by atoms with E-state index in [9.17, 15) is 33.9 Å². The number of hydrogen-bond acceptors (Lipinski definition) is 7. The highest BCUT2D eigenvalue weighted by atomic mass is 16.4. The average Bonchev–Trinajstić information content (AvgIpc) is 3.26. The molecule has 0 aliphatic carbocycles. The molecule has 8 N–H and O–H groups in total. The van der Waals surface area contributed by atoms with Crippen molar-refractivity contribution in [2.75, 3.05) is 6.54 Å². The lowest BCUT2D eigenvalue weighted by Gasteiger charge is -2.30. The van der Waals surface area contributed by atoms with E-state index in [2.05, 4.69) is 10.6 Å². The van der Waals surface area contributed by atoms with Crippen LogP contribution in [0.2, 0.25) is 0 Å². The molecule has 1 saturated heterocycles. The van der Waals surface area contributed by atoms with Crippen molar-refractivity contribution < 1.29 is 39.0 Å². The molecule has 192 valence electrons. The van der Waals surface area contributed by atoms with Gasteiger partial charge in [0.25, 0.3) is 0 Å². The minimum Gasteiger partial charge on any atom is -0.481 e. The summed E-state index contributed by atoms with van der Waals surface area (Å²) in [5.41, 5.74) is 11.0. The van der Waals surface area contributed by atoms with Crippen LogP contribution in [0.4, 0.5) is 0 Å². The molecule has 34 heavy (non-hydrogen) atoms. The Hall–Kier alpha value is -3.22. The molecule has 5 unspecified atom stereocenters. The predicted octanol–water partition coefficient (Wildman–Crippen LogP) is -1.46. The number of nitrogens with two attached hydrogens (primary N) is 2. The number of carbonyl (C=O) groups is 6. The lowest BCUT2D eigenvalue weighted by molar-refractivity contribution is -0.144. The summed E-state index contributed by atoms with van der Waals surface area (Å²) in [7, 11) is 0.